The number of nitrogens with zero attached hydrogens (tertiary/aromatic N) is 2. The molecule has 0 aliphatic rings. The second-order valence-corrected chi connectivity index (χ2v) is 7.00. The monoisotopic (exact) mass is 396 g/mol. The number of carbonyl (C=O) groups is 1. The first-order chi connectivity index (χ1) is 14.0. The van der Waals surface area contributed by atoms with Crippen LogP contribution in [0.1, 0.15) is 29.9 Å². The molecule has 1 heterocycles. The summed E-state index contributed by atoms with van der Waals surface area (Å²) in [5.41, 5.74) is 0.558. The van der Waals surface area contributed by atoms with Crippen molar-refractivity contribution >= 4 is 16.7 Å². The summed E-state index contributed by atoms with van der Waals surface area (Å²) in [4.78, 5) is 25.6. The minimum atomic E-state index is -0.608. The van der Waals surface area contributed by atoms with Crippen molar-refractivity contribution in [1.29, 1.82) is 0 Å². The van der Waals surface area contributed by atoms with Gasteiger partial charge in [0.15, 0.2) is 17.2 Å². The zero-order chi connectivity index (χ0) is 21.0. The second-order valence-electron chi connectivity index (χ2n) is 7.00. The van der Waals surface area contributed by atoms with E-state index in [2.05, 4.69) is 5.10 Å². The van der Waals surface area contributed by atoms with E-state index in [9.17, 15) is 9.59 Å². The minimum Gasteiger partial charge on any atom is -0.493 e. The molecule has 0 amide bonds. The summed E-state index contributed by atoms with van der Waals surface area (Å²) in [6.45, 7) is 4.36. The molecule has 29 heavy (non-hydrogen) atoms. The molecule has 0 saturated heterocycles. The Labute approximate surface area is 168 Å². The van der Waals surface area contributed by atoms with Gasteiger partial charge in [0.25, 0.3) is 5.56 Å². The van der Waals surface area contributed by atoms with Crippen molar-refractivity contribution in [2.45, 2.75) is 27.0 Å². The molecule has 1 aromatic heterocycles. The number of ether oxygens (including phenoxy) is 3. The highest BCUT2D eigenvalue weighted by Gasteiger charge is 2.19. The predicted octanol–water partition coefficient (Wildman–Crippen LogP) is 3.43. The lowest BCUT2D eigenvalue weighted by molar-refractivity contribution is 0.0462. The smallest absolute Gasteiger partial charge is 0.359 e. The summed E-state index contributed by atoms with van der Waals surface area (Å²) in [5, 5.41) is 5.21. The molecule has 0 N–H and O–H groups in total. The molecular weight excluding hydrogens is 372 g/mol. The minimum absolute atomic E-state index is 0.0154. The molecule has 0 unspecified atom stereocenters. The summed E-state index contributed by atoms with van der Waals surface area (Å²) in [6.07, 6.45) is 0. The Balaban J connectivity index is 1.96. The van der Waals surface area contributed by atoms with Crippen LogP contribution < -0.4 is 15.0 Å². The van der Waals surface area contributed by atoms with Gasteiger partial charge in [-0.25, -0.2) is 9.48 Å². The van der Waals surface area contributed by atoms with Crippen LogP contribution in [0.5, 0.6) is 11.5 Å². The van der Waals surface area contributed by atoms with Crippen molar-refractivity contribution in [1.82, 2.24) is 9.78 Å². The fraction of sp³-hybridized carbons (Fsp3) is 0.318. The summed E-state index contributed by atoms with van der Waals surface area (Å²) in [5.74, 6) is 0.648. The van der Waals surface area contributed by atoms with E-state index < -0.39 is 5.97 Å². The highest BCUT2D eigenvalue weighted by Crippen LogP contribution is 2.31. The lowest BCUT2D eigenvalue weighted by Crippen LogP contribution is -2.28. The first-order valence-corrected chi connectivity index (χ1v) is 9.33. The number of para-hydroxylation sites is 1. The van der Waals surface area contributed by atoms with Crippen molar-refractivity contribution in [2.75, 3.05) is 14.2 Å². The zero-order valence-corrected chi connectivity index (χ0v) is 17.0. The number of carbonyl (C=O) groups excluding carboxylic acids is 1. The van der Waals surface area contributed by atoms with Crippen molar-refractivity contribution in [2.24, 2.45) is 5.92 Å². The van der Waals surface area contributed by atoms with Crippen LogP contribution in [-0.2, 0) is 17.9 Å². The van der Waals surface area contributed by atoms with Gasteiger partial charge < -0.3 is 14.2 Å². The molecule has 0 fully saturated rings. The lowest BCUT2D eigenvalue weighted by atomic mass is 10.1. The molecule has 7 nitrogen and oxygen atoms in total. The maximum absolute atomic E-state index is 12.9. The molecule has 3 aromatic rings. The van der Waals surface area contributed by atoms with Gasteiger partial charge in [0, 0.05) is 17.5 Å². The normalized spacial score (nSPS) is 10.9. The van der Waals surface area contributed by atoms with Crippen LogP contribution in [0.15, 0.2) is 47.3 Å². The molecule has 0 aliphatic heterocycles. The van der Waals surface area contributed by atoms with Crippen LogP contribution in [0.25, 0.3) is 10.8 Å². The number of hydrogen-bond acceptors (Lipinski definition) is 6. The molecule has 152 valence electrons. The molecular formula is C22H24N2O5. The highest BCUT2D eigenvalue weighted by atomic mass is 16.5. The maximum Gasteiger partial charge on any atom is 0.359 e. The van der Waals surface area contributed by atoms with Crippen LogP contribution in [0.3, 0.4) is 0 Å². The predicted molar refractivity (Wildman–Crippen MR) is 110 cm³/mol. The second kappa shape index (κ2) is 8.77. The summed E-state index contributed by atoms with van der Waals surface area (Å²) in [6, 6.07) is 12.3. The SMILES string of the molecule is COc1cccc(COC(=O)c2nn(CC(C)C)c(=O)c3ccccc23)c1OC. The van der Waals surface area contributed by atoms with Crippen molar-refractivity contribution in [3.8, 4) is 11.5 Å². The number of rotatable bonds is 7. The third-order valence-electron chi connectivity index (χ3n) is 4.44. The van der Waals surface area contributed by atoms with Gasteiger partial charge in [-0.3, -0.25) is 4.79 Å². The van der Waals surface area contributed by atoms with Crippen LogP contribution in [-0.4, -0.2) is 30.0 Å². The lowest BCUT2D eigenvalue weighted by Gasteiger charge is -2.14. The average Bonchev–Trinajstić information content (AvgIpc) is 2.73. The van der Waals surface area contributed by atoms with E-state index in [1.807, 2.05) is 13.8 Å². The van der Waals surface area contributed by atoms with Gasteiger partial charge in [0.1, 0.15) is 6.61 Å². The molecule has 7 heteroatoms. The van der Waals surface area contributed by atoms with Crippen LogP contribution in [0, 0.1) is 5.92 Å². The number of hydrogen-bond donors (Lipinski definition) is 0. The van der Waals surface area contributed by atoms with Gasteiger partial charge in [-0.2, -0.15) is 5.10 Å². The first kappa shape index (κ1) is 20.4. The van der Waals surface area contributed by atoms with E-state index in [1.165, 1.54) is 11.8 Å². The maximum atomic E-state index is 12.9. The largest absolute Gasteiger partial charge is 0.493 e. The van der Waals surface area contributed by atoms with Crippen LogP contribution >= 0.6 is 0 Å². The molecule has 2 aromatic carbocycles. The highest BCUT2D eigenvalue weighted by molar-refractivity contribution is 6.02. The van der Waals surface area contributed by atoms with Crippen molar-refractivity contribution in [3.63, 3.8) is 0 Å². The Bertz CT molecular complexity index is 1090. The Kier molecular flexibility index (Phi) is 6.16. The standard InChI is InChI=1S/C22H24N2O5/c1-14(2)12-24-21(25)17-10-6-5-9-16(17)19(23-24)22(26)29-13-15-8-7-11-18(27-3)20(15)28-4/h5-11,14H,12-13H2,1-4H3. The topological polar surface area (TPSA) is 79.7 Å². The van der Waals surface area contributed by atoms with Crippen LogP contribution in [0.2, 0.25) is 0 Å². The van der Waals surface area contributed by atoms with Gasteiger partial charge in [-0.05, 0) is 18.1 Å². The Hall–Kier alpha value is -3.35. The van der Waals surface area contributed by atoms with Gasteiger partial charge >= 0.3 is 5.97 Å². The van der Waals surface area contributed by atoms with E-state index >= 15 is 0 Å². The van der Waals surface area contributed by atoms with Crippen molar-refractivity contribution in [3.05, 3.63) is 64.1 Å². The van der Waals surface area contributed by atoms with E-state index in [0.29, 0.717) is 34.4 Å². The molecule has 0 aliphatic carbocycles. The third kappa shape index (κ3) is 4.23. The third-order valence-corrected chi connectivity index (χ3v) is 4.44. The molecule has 3 rings (SSSR count). The molecule has 0 spiro atoms. The Morgan fingerprint density at radius 3 is 2.41 bits per heavy atom. The number of benzene rings is 2. The van der Waals surface area contributed by atoms with Gasteiger partial charge in [0.05, 0.1) is 19.6 Å². The molecule has 0 atom stereocenters. The molecule has 0 radical (unpaired) electrons. The van der Waals surface area contributed by atoms with E-state index in [4.69, 9.17) is 14.2 Å². The Morgan fingerprint density at radius 2 is 1.76 bits per heavy atom. The van der Waals surface area contributed by atoms with E-state index in [0.717, 1.165) is 0 Å². The zero-order valence-electron chi connectivity index (χ0n) is 17.0. The average molecular weight is 396 g/mol. The van der Waals surface area contributed by atoms with E-state index in [1.54, 1.807) is 49.6 Å². The van der Waals surface area contributed by atoms with Gasteiger partial charge in [-0.15, -0.1) is 0 Å². The summed E-state index contributed by atoms with van der Waals surface area (Å²) < 4.78 is 17.5. The number of fused-ring (bicyclic) bond motifs is 1. The fourth-order valence-electron chi connectivity index (χ4n) is 3.13. The molecule has 0 bridgehead atoms. The summed E-state index contributed by atoms with van der Waals surface area (Å²) in [7, 11) is 3.07. The summed E-state index contributed by atoms with van der Waals surface area (Å²) >= 11 is 0. The molecule has 0 saturated carbocycles. The van der Waals surface area contributed by atoms with Gasteiger partial charge in [-0.1, -0.05) is 44.2 Å². The number of esters is 1. The first-order valence-electron chi connectivity index (χ1n) is 9.33. The van der Waals surface area contributed by atoms with Gasteiger partial charge in [0.2, 0.25) is 0 Å². The van der Waals surface area contributed by atoms with Crippen LogP contribution in [0.4, 0.5) is 0 Å². The Morgan fingerprint density at radius 1 is 1.03 bits per heavy atom. The van der Waals surface area contributed by atoms with E-state index in [-0.39, 0.29) is 23.8 Å². The quantitative estimate of drug-likeness (QED) is 0.569. The number of aromatic nitrogens is 2. The fourth-order valence-corrected chi connectivity index (χ4v) is 3.13. The van der Waals surface area contributed by atoms with Crippen molar-refractivity contribution < 1.29 is 19.0 Å². The number of methoxy groups -OCH3 is 2.